The van der Waals surface area contributed by atoms with Crippen molar-refractivity contribution in [2.75, 3.05) is 0 Å². The predicted molar refractivity (Wildman–Crippen MR) is 78.3 cm³/mol. The third-order valence-corrected chi connectivity index (χ3v) is 3.83. The Bertz CT molecular complexity index is 634. The lowest BCUT2D eigenvalue weighted by atomic mass is 10.2. The Morgan fingerprint density at radius 1 is 1.45 bits per heavy atom. The highest BCUT2D eigenvalue weighted by Gasteiger charge is 2.34. The van der Waals surface area contributed by atoms with Gasteiger partial charge in [0, 0.05) is 23.1 Å². The first-order valence-corrected chi connectivity index (χ1v) is 7.41. The van der Waals surface area contributed by atoms with E-state index < -0.39 is 0 Å². The van der Waals surface area contributed by atoms with Crippen LogP contribution in [0.15, 0.2) is 39.3 Å². The molecule has 1 heterocycles. The van der Waals surface area contributed by atoms with Gasteiger partial charge in [0.2, 0.25) is 0 Å². The summed E-state index contributed by atoms with van der Waals surface area (Å²) >= 11 is 3.46. The smallest absolute Gasteiger partial charge is 0.276 e. The number of carbonyl (C=O) groups is 1. The number of aryl methyl sites for hydroxylation is 1. The molecule has 1 aromatic heterocycles. The van der Waals surface area contributed by atoms with Crippen molar-refractivity contribution in [1.29, 1.82) is 0 Å². The van der Waals surface area contributed by atoms with Crippen LogP contribution in [0.25, 0.3) is 0 Å². The van der Waals surface area contributed by atoms with Gasteiger partial charge in [0.05, 0.1) is 0 Å². The molecule has 0 N–H and O–H groups in total. The molecule has 0 saturated heterocycles. The number of benzene rings is 1. The first-order valence-electron chi connectivity index (χ1n) is 6.62. The summed E-state index contributed by atoms with van der Waals surface area (Å²) in [5, 5.41) is 3.83. The minimum absolute atomic E-state index is 0.0516. The van der Waals surface area contributed by atoms with Gasteiger partial charge >= 0.3 is 0 Å². The Morgan fingerprint density at radius 2 is 2.25 bits per heavy atom. The third kappa shape index (κ3) is 2.93. The fourth-order valence-electron chi connectivity index (χ4n) is 2.20. The van der Waals surface area contributed by atoms with Crippen LogP contribution < -0.4 is 0 Å². The third-order valence-electron chi connectivity index (χ3n) is 3.34. The molecule has 20 heavy (non-hydrogen) atoms. The summed E-state index contributed by atoms with van der Waals surface area (Å²) in [6, 6.07) is 10.1. The van der Waals surface area contributed by atoms with Gasteiger partial charge in [0.25, 0.3) is 5.91 Å². The zero-order chi connectivity index (χ0) is 14.1. The van der Waals surface area contributed by atoms with Crippen LogP contribution in [0.1, 0.15) is 34.7 Å². The molecule has 1 amide bonds. The van der Waals surface area contributed by atoms with Gasteiger partial charge in [-0.2, -0.15) is 0 Å². The van der Waals surface area contributed by atoms with Crippen molar-refractivity contribution in [1.82, 2.24) is 10.1 Å². The van der Waals surface area contributed by atoms with Gasteiger partial charge in [-0.05, 0) is 37.5 Å². The van der Waals surface area contributed by atoms with Crippen molar-refractivity contribution in [2.24, 2.45) is 0 Å². The van der Waals surface area contributed by atoms with Gasteiger partial charge in [-0.1, -0.05) is 33.2 Å². The van der Waals surface area contributed by atoms with Gasteiger partial charge in [0.15, 0.2) is 5.69 Å². The van der Waals surface area contributed by atoms with E-state index in [9.17, 15) is 4.79 Å². The van der Waals surface area contributed by atoms with Gasteiger partial charge in [-0.3, -0.25) is 4.79 Å². The van der Waals surface area contributed by atoms with Crippen LogP contribution in [0.2, 0.25) is 0 Å². The maximum Gasteiger partial charge on any atom is 0.276 e. The van der Waals surface area contributed by atoms with E-state index in [0.29, 0.717) is 24.0 Å². The minimum atomic E-state index is -0.0516. The van der Waals surface area contributed by atoms with Crippen molar-refractivity contribution < 1.29 is 9.32 Å². The lowest BCUT2D eigenvalue weighted by molar-refractivity contribution is 0.0719. The average molecular weight is 335 g/mol. The van der Waals surface area contributed by atoms with E-state index in [1.54, 1.807) is 13.0 Å². The summed E-state index contributed by atoms with van der Waals surface area (Å²) in [5.41, 5.74) is 1.50. The predicted octanol–water partition coefficient (Wildman–Crippen LogP) is 3.55. The zero-order valence-corrected chi connectivity index (χ0v) is 12.8. The summed E-state index contributed by atoms with van der Waals surface area (Å²) in [7, 11) is 0. The Hall–Kier alpha value is -1.62. The van der Waals surface area contributed by atoms with E-state index in [1.165, 1.54) is 0 Å². The zero-order valence-electron chi connectivity index (χ0n) is 11.2. The highest BCUT2D eigenvalue weighted by atomic mass is 79.9. The van der Waals surface area contributed by atoms with E-state index in [2.05, 4.69) is 21.1 Å². The molecule has 104 valence electrons. The molecule has 0 aliphatic heterocycles. The number of aromatic nitrogens is 1. The number of halogens is 1. The van der Waals surface area contributed by atoms with Crippen LogP contribution in [-0.2, 0) is 6.54 Å². The summed E-state index contributed by atoms with van der Waals surface area (Å²) in [5.74, 6) is 0.607. The topological polar surface area (TPSA) is 46.3 Å². The number of rotatable bonds is 4. The average Bonchev–Trinajstić information content (AvgIpc) is 3.17. The molecule has 0 unspecified atom stereocenters. The second-order valence-corrected chi connectivity index (χ2v) is 6.03. The molecule has 2 aromatic rings. The van der Waals surface area contributed by atoms with Gasteiger partial charge < -0.3 is 9.42 Å². The van der Waals surface area contributed by atoms with E-state index in [-0.39, 0.29) is 5.91 Å². The SMILES string of the molecule is Cc1cc(C(=O)N(Cc2cccc(Br)c2)C2CC2)no1. The quantitative estimate of drug-likeness (QED) is 0.858. The molecule has 0 radical (unpaired) electrons. The molecule has 0 atom stereocenters. The second kappa shape index (κ2) is 5.40. The van der Waals surface area contributed by atoms with Crippen LogP contribution >= 0.6 is 15.9 Å². The number of carbonyl (C=O) groups excluding carboxylic acids is 1. The molecule has 4 nitrogen and oxygen atoms in total. The minimum Gasteiger partial charge on any atom is -0.361 e. The number of hydrogen-bond acceptors (Lipinski definition) is 3. The second-order valence-electron chi connectivity index (χ2n) is 5.12. The molecule has 0 bridgehead atoms. The first-order chi connectivity index (χ1) is 9.63. The first kappa shape index (κ1) is 13.4. The van der Waals surface area contributed by atoms with E-state index >= 15 is 0 Å². The summed E-state index contributed by atoms with van der Waals surface area (Å²) in [6.45, 7) is 2.40. The van der Waals surface area contributed by atoms with Crippen molar-refractivity contribution in [3.05, 3.63) is 51.8 Å². The van der Waals surface area contributed by atoms with Crippen molar-refractivity contribution in [3.63, 3.8) is 0 Å². The Morgan fingerprint density at radius 3 is 2.85 bits per heavy atom. The molecule has 0 spiro atoms. The molecule has 5 heteroatoms. The summed E-state index contributed by atoms with van der Waals surface area (Å²) in [6.07, 6.45) is 2.13. The van der Waals surface area contributed by atoms with Crippen LogP contribution in [0, 0.1) is 6.92 Å². The van der Waals surface area contributed by atoms with Crippen molar-refractivity contribution in [2.45, 2.75) is 32.4 Å². The van der Waals surface area contributed by atoms with E-state index in [1.807, 2.05) is 29.2 Å². The standard InChI is InChI=1S/C15H15BrN2O2/c1-10-7-14(17-20-10)15(19)18(13-5-6-13)9-11-3-2-4-12(16)8-11/h2-4,7-8,13H,5-6,9H2,1H3. The van der Waals surface area contributed by atoms with Crippen LogP contribution in [0.4, 0.5) is 0 Å². The Labute approximate surface area is 125 Å². The molecule has 1 fully saturated rings. The number of hydrogen-bond donors (Lipinski definition) is 0. The normalized spacial score (nSPS) is 14.3. The fraction of sp³-hybridized carbons (Fsp3) is 0.333. The molecule has 1 aliphatic rings. The van der Waals surface area contributed by atoms with Crippen molar-refractivity contribution in [3.8, 4) is 0 Å². The van der Waals surface area contributed by atoms with Gasteiger partial charge in [-0.15, -0.1) is 0 Å². The number of amides is 1. The maximum atomic E-state index is 12.5. The Kier molecular flexibility index (Phi) is 3.61. The maximum absolute atomic E-state index is 12.5. The van der Waals surface area contributed by atoms with Gasteiger partial charge in [-0.25, -0.2) is 0 Å². The number of nitrogens with zero attached hydrogens (tertiary/aromatic N) is 2. The highest BCUT2D eigenvalue weighted by molar-refractivity contribution is 9.10. The molecule has 1 saturated carbocycles. The van der Waals surface area contributed by atoms with Crippen molar-refractivity contribution >= 4 is 21.8 Å². The van der Waals surface area contributed by atoms with E-state index in [0.717, 1.165) is 22.9 Å². The lowest BCUT2D eigenvalue weighted by Gasteiger charge is -2.21. The molecule has 3 rings (SSSR count). The fourth-order valence-corrected chi connectivity index (χ4v) is 2.65. The lowest BCUT2D eigenvalue weighted by Crippen LogP contribution is -2.32. The van der Waals surface area contributed by atoms with Crippen LogP contribution in [-0.4, -0.2) is 22.0 Å². The largest absolute Gasteiger partial charge is 0.361 e. The summed E-state index contributed by atoms with van der Waals surface area (Å²) in [4.78, 5) is 14.4. The molecule has 1 aliphatic carbocycles. The molecule has 1 aromatic carbocycles. The van der Waals surface area contributed by atoms with Crippen LogP contribution in [0.3, 0.4) is 0 Å². The van der Waals surface area contributed by atoms with E-state index in [4.69, 9.17) is 4.52 Å². The summed E-state index contributed by atoms with van der Waals surface area (Å²) < 4.78 is 6.02. The highest BCUT2D eigenvalue weighted by Crippen LogP contribution is 2.30. The van der Waals surface area contributed by atoms with Crippen LogP contribution in [0.5, 0.6) is 0 Å². The molecular formula is C15H15BrN2O2. The van der Waals surface area contributed by atoms with Gasteiger partial charge in [0.1, 0.15) is 5.76 Å². The monoisotopic (exact) mass is 334 g/mol. The molecular weight excluding hydrogens is 320 g/mol. The Balaban J connectivity index is 1.81.